The highest BCUT2D eigenvalue weighted by Gasteiger charge is 2.30. The van der Waals surface area contributed by atoms with Crippen molar-refractivity contribution in [2.24, 2.45) is 0 Å². The molecule has 114 valence electrons. The zero-order valence-corrected chi connectivity index (χ0v) is 11.7. The van der Waals surface area contributed by atoms with Crippen LogP contribution in [0.2, 0.25) is 0 Å². The average Bonchev–Trinajstić information content (AvgIpc) is 2.93. The Labute approximate surface area is 126 Å². The summed E-state index contributed by atoms with van der Waals surface area (Å²) < 4.78 is 0. The number of carbonyl (C=O) groups is 3. The molecule has 3 N–H and O–H groups in total. The summed E-state index contributed by atoms with van der Waals surface area (Å²) in [6, 6.07) is 6.74. The number of benzene rings is 1. The van der Waals surface area contributed by atoms with E-state index in [-0.39, 0.29) is 18.7 Å². The predicted molar refractivity (Wildman–Crippen MR) is 75.6 cm³/mol. The third kappa shape index (κ3) is 3.82. The molecule has 1 heterocycles. The lowest BCUT2D eigenvalue weighted by Gasteiger charge is -2.17. The summed E-state index contributed by atoms with van der Waals surface area (Å²) >= 11 is 0. The average molecular weight is 301 g/mol. The van der Waals surface area contributed by atoms with E-state index in [4.69, 9.17) is 5.26 Å². The Balaban J connectivity index is 2.03. The molecular formula is C15H15N3O4. The van der Waals surface area contributed by atoms with Gasteiger partial charge in [-0.3, -0.25) is 9.59 Å². The number of nitrogens with zero attached hydrogens (tertiary/aromatic N) is 1. The van der Waals surface area contributed by atoms with Crippen molar-refractivity contribution in [3.63, 3.8) is 0 Å². The van der Waals surface area contributed by atoms with Crippen LogP contribution in [0, 0.1) is 11.3 Å². The topological polar surface area (TPSA) is 119 Å². The maximum Gasteiger partial charge on any atom is 0.326 e. The van der Waals surface area contributed by atoms with Crippen molar-refractivity contribution >= 4 is 17.8 Å². The summed E-state index contributed by atoms with van der Waals surface area (Å²) in [4.78, 5) is 34.4. The van der Waals surface area contributed by atoms with E-state index in [1.165, 1.54) is 0 Å². The Hall–Kier alpha value is -2.88. The van der Waals surface area contributed by atoms with Gasteiger partial charge in [0.1, 0.15) is 12.1 Å². The first-order valence-corrected chi connectivity index (χ1v) is 6.81. The summed E-state index contributed by atoms with van der Waals surface area (Å²) in [6.07, 6.45) is 0.693. The lowest BCUT2D eigenvalue weighted by molar-refractivity contribution is -0.142. The smallest absolute Gasteiger partial charge is 0.326 e. The quantitative estimate of drug-likeness (QED) is 0.704. The number of carbonyl (C=O) groups excluding carboxylic acids is 2. The summed E-state index contributed by atoms with van der Waals surface area (Å²) in [7, 11) is 0. The van der Waals surface area contributed by atoms with Gasteiger partial charge in [-0.2, -0.15) is 5.26 Å². The van der Waals surface area contributed by atoms with Gasteiger partial charge in [0.2, 0.25) is 11.8 Å². The van der Waals surface area contributed by atoms with E-state index < -0.39 is 24.0 Å². The Kier molecular flexibility index (Phi) is 4.73. The van der Waals surface area contributed by atoms with Crippen molar-refractivity contribution in [1.82, 2.24) is 10.6 Å². The number of hydrogen-bond donors (Lipinski definition) is 3. The Morgan fingerprint density at radius 3 is 2.86 bits per heavy atom. The number of aliphatic carboxylic acids is 1. The van der Waals surface area contributed by atoms with Crippen LogP contribution in [0.25, 0.3) is 0 Å². The Bertz CT molecular complexity index is 650. The normalized spacial score (nSPS) is 18.1. The molecule has 0 saturated carbocycles. The lowest BCUT2D eigenvalue weighted by Crippen LogP contribution is -2.49. The molecule has 0 aromatic heterocycles. The molecule has 7 nitrogen and oxygen atoms in total. The highest BCUT2D eigenvalue weighted by atomic mass is 16.4. The fourth-order valence-corrected chi connectivity index (χ4v) is 2.29. The first-order chi connectivity index (χ1) is 10.5. The maximum atomic E-state index is 12.0. The second kappa shape index (κ2) is 6.72. The molecular weight excluding hydrogens is 286 g/mol. The van der Waals surface area contributed by atoms with E-state index in [1.54, 1.807) is 24.3 Å². The van der Waals surface area contributed by atoms with Gasteiger partial charge in [0, 0.05) is 12.8 Å². The highest BCUT2D eigenvalue weighted by Crippen LogP contribution is 2.10. The van der Waals surface area contributed by atoms with Gasteiger partial charge >= 0.3 is 5.97 Å². The van der Waals surface area contributed by atoms with E-state index >= 15 is 0 Å². The van der Waals surface area contributed by atoms with Crippen LogP contribution >= 0.6 is 0 Å². The van der Waals surface area contributed by atoms with Crippen LogP contribution in [-0.2, 0) is 20.8 Å². The van der Waals surface area contributed by atoms with Crippen LogP contribution < -0.4 is 10.6 Å². The van der Waals surface area contributed by atoms with E-state index in [1.807, 2.05) is 6.07 Å². The third-order valence-electron chi connectivity index (χ3n) is 3.42. The zero-order chi connectivity index (χ0) is 16.1. The van der Waals surface area contributed by atoms with Gasteiger partial charge in [0.25, 0.3) is 0 Å². The Morgan fingerprint density at radius 2 is 2.27 bits per heavy atom. The summed E-state index contributed by atoms with van der Waals surface area (Å²) in [5.74, 6) is -1.89. The Morgan fingerprint density at radius 1 is 1.50 bits per heavy atom. The molecule has 1 aromatic rings. The number of nitriles is 1. The van der Waals surface area contributed by atoms with Gasteiger partial charge in [-0.15, -0.1) is 0 Å². The van der Waals surface area contributed by atoms with E-state index in [0.717, 1.165) is 0 Å². The molecule has 1 saturated heterocycles. The van der Waals surface area contributed by atoms with Crippen molar-refractivity contribution < 1.29 is 19.5 Å². The molecule has 2 amide bonds. The molecule has 0 aliphatic carbocycles. The van der Waals surface area contributed by atoms with E-state index in [9.17, 15) is 19.5 Å². The molecule has 22 heavy (non-hydrogen) atoms. The van der Waals surface area contributed by atoms with Crippen LogP contribution in [0.1, 0.15) is 24.0 Å². The first-order valence-electron chi connectivity index (χ1n) is 6.81. The van der Waals surface area contributed by atoms with Gasteiger partial charge in [-0.1, -0.05) is 12.1 Å². The van der Waals surface area contributed by atoms with Gasteiger partial charge in [-0.25, -0.2) is 4.79 Å². The molecule has 0 unspecified atom stereocenters. The first kappa shape index (κ1) is 15.5. The van der Waals surface area contributed by atoms with Crippen LogP contribution in [-0.4, -0.2) is 35.0 Å². The van der Waals surface area contributed by atoms with Crippen LogP contribution in [0.15, 0.2) is 24.3 Å². The van der Waals surface area contributed by atoms with E-state index in [2.05, 4.69) is 10.6 Å². The molecule has 2 rings (SSSR count). The SMILES string of the molecule is N#Cc1cccc(C[C@@H](NC(=O)[C@H]2CCC(=O)N2)C(=O)O)c1. The predicted octanol–water partition coefficient (Wildman–Crippen LogP) is -0.0512. The largest absolute Gasteiger partial charge is 0.480 e. The summed E-state index contributed by atoms with van der Waals surface area (Å²) in [5.41, 5.74) is 1.07. The molecule has 1 aromatic carbocycles. The maximum absolute atomic E-state index is 12.0. The fourth-order valence-electron chi connectivity index (χ4n) is 2.29. The second-order valence-corrected chi connectivity index (χ2v) is 5.07. The summed E-state index contributed by atoms with van der Waals surface area (Å²) in [6.45, 7) is 0. The fraction of sp³-hybridized carbons (Fsp3) is 0.333. The molecule has 2 atom stereocenters. The molecule has 1 aliphatic heterocycles. The molecule has 7 heteroatoms. The van der Waals surface area contributed by atoms with Crippen molar-refractivity contribution in [2.75, 3.05) is 0 Å². The minimum atomic E-state index is -1.17. The number of hydrogen-bond acceptors (Lipinski definition) is 4. The monoisotopic (exact) mass is 301 g/mol. The minimum Gasteiger partial charge on any atom is -0.480 e. The third-order valence-corrected chi connectivity index (χ3v) is 3.42. The molecule has 1 aliphatic rings. The van der Waals surface area contributed by atoms with Crippen molar-refractivity contribution in [1.29, 1.82) is 5.26 Å². The van der Waals surface area contributed by atoms with Crippen LogP contribution in [0.5, 0.6) is 0 Å². The van der Waals surface area contributed by atoms with Gasteiger partial charge < -0.3 is 15.7 Å². The van der Waals surface area contributed by atoms with Gasteiger partial charge in [0.05, 0.1) is 11.6 Å². The molecule has 0 spiro atoms. The molecule has 1 fully saturated rings. The molecule has 0 bridgehead atoms. The van der Waals surface area contributed by atoms with Crippen LogP contribution in [0.3, 0.4) is 0 Å². The summed E-state index contributed by atoms with van der Waals surface area (Å²) in [5, 5.41) is 23.0. The van der Waals surface area contributed by atoms with Gasteiger partial charge in [-0.05, 0) is 24.1 Å². The lowest BCUT2D eigenvalue weighted by atomic mass is 10.0. The zero-order valence-electron chi connectivity index (χ0n) is 11.7. The number of amides is 2. The highest BCUT2D eigenvalue weighted by molar-refractivity contribution is 5.92. The van der Waals surface area contributed by atoms with Crippen LogP contribution in [0.4, 0.5) is 0 Å². The van der Waals surface area contributed by atoms with E-state index in [0.29, 0.717) is 17.5 Å². The minimum absolute atomic E-state index is 0.0667. The van der Waals surface area contributed by atoms with Crippen molar-refractivity contribution in [3.8, 4) is 6.07 Å². The van der Waals surface area contributed by atoms with Crippen molar-refractivity contribution in [2.45, 2.75) is 31.3 Å². The van der Waals surface area contributed by atoms with Gasteiger partial charge in [0.15, 0.2) is 0 Å². The number of carboxylic acids is 1. The molecule has 0 radical (unpaired) electrons. The van der Waals surface area contributed by atoms with Crippen molar-refractivity contribution in [3.05, 3.63) is 35.4 Å². The standard InChI is InChI=1S/C15H15N3O4/c16-8-10-3-1-2-9(6-10)7-12(15(21)22)18-14(20)11-4-5-13(19)17-11/h1-3,6,11-12H,4-5,7H2,(H,17,19)(H,18,20)(H,21,22)/t11-,12-/m1/s1. The number of carboxylic acid groups (broad SMARTS) is 1. The number of nitrogens with one attached hydrogen (secondary N) is 2. The second-order valence-electron chi connectivity index (χ2n) is 5.07. The number of rotatable bonds is 5.